The van der Waals surface area contributed by atoms with Crippen molar-refractivity contribution in [1.82, 2.24) is 0 Å². The Hall–Kier alpha value is -3.93. The second-order valence-electron chi connectivity index (χ2n) is 9.49. The van der Waals surface area contributed by atoms with Crippen molar-refractivity contribution in [3.63, 3.8) is 0 Å². The molecule has 14 heteroatoms. The molecule has 2 aromatic rings. The van der Waals surface area contributed by atoms with Crippen LogP contribution in [0.15, 0.2) is 53.4 Å². The third kappa shape index (κ3) is 13.7. The van der Waals surface area contributed by atoms with Gasteiger partial charge in [-0.2, -0.15) is 5.26 Å². The van der Waals surface area contributed by atoms with Crippen molar-refractivity contribution >= 4 is 57.8 Å². The number of carbonyl (C=O) groups is 2. The molecule has 0 spiro atoms. The second kappa shape index (κ2) is 16.9. The van der Waals surface area contributed by atoms with Crippen molar-refractivity contribution in [3.05, 3.63) is 68.8 Å². The number of thiocarbonyl (C=S) groups is 1. The van der Waals surface area contributed by atoms with Crippen LogP contribution in [0.3, 0.4) is 0 Å². The predicted octanol–water partition coefficient (Wildman–Crippen LogP) is 5.69. The van der Waals surface area contributed by atoms with Crippen molar-refractivity contribution in [2.24, 2.45) is 10.8 Å². The number of benzene rings is 2. The van der Waals surface area contributed by atoms with E-state index in [2.05, 4.69) is 5.32 Å². The van der Waals surface area contributed by atoms with Crippen LogP contribution in [0, 0.1) is 41.7 Å². The van der Waals surface area contributed by atoms with Gasteiger partial charge in [0, 0.05) is 40.3 Å². The van der Waals surface area contributed by atoms with E-state index in [0.717, 1.165) is 11.8 Å². The molecule has 40 heavy (non-hydrogen) atoms. The molecule has 0 aliphatic heterocycles. The molecule has 12 nitrogen and oxygen atoms in total. The number of rotatable bonds is 9. The molecule has 0 aliphatic carbocycles. The average Bonchev–Trinajstić information content (AvgIpc) is 2.89. The lowest BCUT2D eigenvalue weighted by molar-refractivity contribution is -0.385. The molecular formula is C26H32N4O8S2. The Morgan fingerprint density at radius 2 is 1.38 bits per heavy atom. The van der Waals surface area contributed by atoms with Gasteiger partial charge in [-0.05, 0) is 75.9 Å². The lowest BCUT2D eigenvalue weighted by atomic mass is 9.90. The monoisotopic (exact) mass is 592 g/mol. The van der Waals surface area contributed by atoms with Crippen LogP contribution in [0.4, 0.5) is 17.1 Å². The van der Waals surface area contributed by atoms with Gasteiger partial charge < -0.3 is 15.2 Å². The van der Waals surface area contributed by atoms with Gasteiger partial charge in [-0.1, -0.05) is 13.8 Å². The van der Waals surface area contributed by atoms with Gasteiger partial charge in [0.15, 0.2) is 0 Å². The van der Waals surface area contributed by atoms with Gasteiger partial charge in [0.05, 0.1) is 21.9 Å². The van der Waals surface area contributed by atoms with Crippen molar-refractivity contribution in [2.45, 2.75) is 46.4 Å². The van der Waals surface area contributed by atoms with Crippen molar-refractivity contribution in [2.75, 3.05) is 18.5 Å². The van der Waals surface area contributed by atoms with E-state index in [1.165, 1.54) is 50.2 Å². The fourth-order valence-corrected chi connectivity index (χ4v) is 2.52. The summed E-state index contributed by atoms with van der Waals surface area (Å²) in [4.78, 5) is 42.3. The molecule has 0 aliphatic rings. The molecule has 0 unspecified atom stereocenters. The van der Waals surface area contributed by atoms with Crippen LogP contribution >= 0.6 is 24.0 Å². The second-order valence-corrected chi connectivity index (χ2v) is 10.7. The minimum absolute atomic E-state index is 0.0000924. The van der Waals surface area contributed by atoms with E-state index in [-0.39, 0.29) is 41.3 Å². The first kappa shape index (κ1) is 36.1. The summed E-state index contributed by atoms with van der Waals surface area (Å²) < 4.78 is 5.32. The molecule has 0 atom stereocenters. The molecule has 2 N–H and O–H groups in total. The minimum Gasteiger partial charge on any atom is -0.470 e. The molecule has 0 saturated heterocycles. The number of aliphatic hydroxyl groups excluding tert-OH is 1. The zero-order valence-corrected chi connectivity index (χ0v) is 24.6. The first-order chi connectivity index (χ1) is 18.5. The van der Waals surface area contributed by atoms with E-state index >= 15 is 0 Å². The summed E-state index contributed by atoms with van der Waals surface area (Å²) in [7, 11) is 0. The Labute approximate surface area is 242 Å². The lowest BCUT2D eigenvalue weighted by Gasteiger charge is -2.21. The lowest BCUT2D eigenvalue weighted by Crippen LogP contribution is -2.30. The number of nitro groups is 2. The zero-order chi connectivity index (χ0) is 31.1. The number of thioether (sulfide) groups is 1. The van der Waals surface area contributed by atoms with E-state index in [1.54, 1.807) is 39.8 Å². The first-order valence-corrected chi connectivity index (χ1v) is 12.8. The third-order valence-electron chi connectivity index (χ3n) is 5.40. The Morgan fingerprint density at radius 3 is 1.70 bits per heavy atom. The number of ketones is 2. The zero-order valence-electron chi connectivity index (χ0n) is 23.0. The van der Waals surface area contributed by atoms with E-state index in [0.29, 0.717) is 10.6 Å². The number of Topliss-reactive ketones (excluding diaryl/α,β-unsaturated/α-hetero) is 2. The fraction of sp³-hybridized carbons (Fsp3) is 0.385. The fourth-order valence-electron chi connectivity index (χ4n) is 1.97. The summed E-state index contributed by atoms with van der Waals surface area (Å²) in [6.45, 7) is 10.0. The van der Waals surface area contributed by atoms with Gasteiger partial charge in [-0.25, -0.2) is 0 Å². The molecule has 0 saturated carbocycles. The van der Waals surface area contributed by atoms with Gasteiger partial charge in [0.1, 0.15) is 23.6 Å². The highest BCUT2D eigenvalue weighted by atomic mass is 32.2. The number of nitriles is 1. The molecule has 0 aromatic heterocycles. The topological polar surface area (TPSA) is 186 Å². The highest BCUT2D eigenvalue weighted by Crippen LogP contribution is 2.20. The number of ether oxygens (including phenoxy) is 1. The number of thiocyanates is 1. The van der Waals surface area contributed by atoms with Gasteiger partial charge in [-0.15, -0.1) is 0 Å². The normalized spacial score (nSPS) is 10.3. The largest absolute Gasteiger partial charge is 0.470 e. The van der Waals surface area contributed by atoms with Crippen LogP contribution in [0.25, 0.3) is 0 Å². The minimum atomic E-state index is -0.610. The number of nitrogens with zero attached hydrogens (tertiary/aromatic N) is 3. The summed E-state index contributed by atoms with van der Waals surface area (Å²) in [6, 6.07) is 11.6. The highest BCUT2D eigenvalue weighted by Gasteiger charge is 2.25. The van der Waals surface area contributed by atoms with Gasteiger partial charge in [-0.3, -0.25) is 29.8 Å². The number of anilines is 1. The number of non-ortho nitro benzene ring substituents is 2. The van der Waals surface area contributed by atoms with Crippen molar-refractivity contribution in [1.29, 1.82) is 5.26 Å². The van der Waals surface area contributed by atoms with E-state index in [4.69, 9.17) is 27.3 Å². The van der Waals surface area contributed by atoms with Gasteiger partial charge in [0.25, 0.3) is 16.5 Å². The van der Waals surface area contributed by atoms with Crippen LogP contribution in [-0.4, -0.2) is 44.9 Å². The predicted molar refractivity (Wildman–Crippen MR) is 156 cm³/mol. The first-order valence-electron chi connectivity index (χ1n) is 11.6. The maximum atomic E-state index is 11.3. The van der Waals surface area contributed by atoms with E-state index < -0.39 is 20.7 Å². The number of hydrogen-bond donors (Lipinski definition) is 2. The third-order valence-corrected chi connectivity index (χ3v) is 6.22. The summed E-state index contributed by atoms with van der Waals surface area (Å²) in [5.74, 6) is 0.0376. The molecule has 0 amide bonds. The number of aliphatic hydroxyl groups is 1. The molecule has 2 rings (SSSR count). The molecule has 2 aromatic carbocycles. The Kier molecular flexibility index (Phi) is 15.2. The standard InChI is InChI=1S/C13H16N2O4S.C7H4N2O2S.C6H12O2/c1-9(16)13(2,3)8-19-12(20)14-10-4-6-11(7-5-10)15(17)18;8-5-12-7-3-1-6(2-4-7)9(10)11;1-5(8)6(2,3)4-7/h4-7H,8H2,1-3H3,(H,14,20);1-4H;7H,4H2,1-3H3. The summed E-state index contributed by atoms with van der Waals surface area (Å²) >= 11 is 5.98. The van der Waals surface area contributed by atoms with Crippen LogP contribution in [0.5, 0.6) is 0 Å². The van der Waals surface area contributed by atoms with Crippen LogP contribution in [0.1, 0.15) is 41.5 Å². The van der Waals surface area contributed by atoms with Gasteiger partial charge in [0.2, 0.25) is 0 Å². The number of nitrogens with one attached hydrogen (secondary N) is 1. The van der Waals surface area contributed by atoms with E-state index in [9.17, 15) is 29.8 Å². The van der Waals surface area contributed by atoms with Crippen molar-refractivity contribution < 1.29 is 29.3 Å². The van der Waals surface area contributed by atoms with Crippen molar-refractivity contribution in [3.8, 4) is 5.40 Å². The molecular weight excluding hydrogens is 560 g/mol. The number of nitro benzene ring substituents is 2. The molecule has 0 fully saturated rings. The van der Waals surface area contributed by atoms with Gasteiger partial charge >= 0.3 is 0 Å². The molecule has 216 valence electrons. The molecule has 0 heterocycles. The summed E-state index contributed by atoms with van der Waals surface area (Å²) in [5.41, 5.74) is -0.528. The van der Waals surface area contributed by atoms with Crippen LogP contribution < -0.4 is 5.32 Å². The van der Waals surface area contributed by atoms with Crippen LogP contribution in [0.2, 0.25) is 0 Å². The van der Waals surface area contributed by atoms with E-state index in [1.807, 2.05) is 5.40 Å². The molecule has 0 radical (unpaired) electrons. The Balaban J connectivity index is 0.000000642. The molecule has 0 bridgehead atoms. The Bertz CT molecular complexity index is 1220. The number of carbonyl (C=O) groups excluding carboxylic acids is 2. The number of hydrogen-bond acceptors (Lipinski definition) is 11. The summed E-state index contributed by atoms with van der Waals surface area (Å²) in [6.07, 6.45) is 0. The quantitative estimate of drug-likeness (QED) is 0.119. The Morgan fingerprint density at radius 1 is 0.950 bits per heavy atom. The summed E-state index contributed by atoms with van der Waals surface area (Å²) in [5, 5.41) is 42.3. The smallest absolute Gasteiger partial charge is 0.269 e. The maximum absolute atomic E-state index is 11.3. The van der Waals surface area contributed by atoms with Crippen LogP contribution in [-0.2, 0) is 14.3 Å². The maximum Gasteiger partial charge on any atom is 0.269 e. The SMILES string of the molecule is CC(=O)C(C)(C)CO.CC(=O)C(C)(C)COC(=S)Nc1ccc([N+](=O)[O-])cc1.N#CSc1ccc([N+](=O)[O-])cc1. The highest BCUT2D eigenvalue weighted by molar-refractivity contribution is 8.03. The average molecular weight is 593 g/mol.